The Labute approximate surface area is 153 Å². The van der Waals surface area contributed by atoms with Gasteiger partial charge in [-0.25, -0.2) is 9.59 Å². The lowest BCUT2D eigenvalue weighted by Gasteiger charge is -2.56. The minimum atomic E-state index is -2.72. The summed E-state index contributed by atoms with van der Waals surface area (Å²) in [5, 5.41) is 6.11. The molecule has 146 valence electrons. The van der Waals surface area contributed by atoms with E-state index in [9.17, 15) is 9.59 Å². The van der Waals surface area contributed by atoms with E-state index in [1.54, 1.807) is 0 Å². The van der Waals surface area contributed by atoms with E-state index in [0.717, 1.165) is 12.8 Å². The number of amides is 2. The highest BCUT2D eigenvalue weighted by Crippen LogP contribution is 2.62. The zero-order valence-corrected chi connectivity index (χ0v) is 18.6. The molecule has 0 fully saturated rings. The molecule has 0 N–H and O–H groups in total. The van der Waals surface area contributed by atoms with Crippen LogP contribution in [0.25, 0.3) is 0 Å². The lowest BCUT2D eigenvalue weighted by Crippen LogP contribution is -2.61. The summed E-state index contributed by atoms with van der Waals surface area (Å²) in [6.45, 7) is 21.1. The normalized spacial score (nSPS) is 13.8. The number of rotatable bonds is 4. The fraction of sp³-hybridized carbons (Fsp3) is 0.889. The van der Waals surface area contributed by atoms with Crippen molar-refractivity contribution in [2.24, 2.45) is 10.2 Å². The summed E-state index contributed by atoms with van der Waals surface area (Å²) in [6.07, 6.45) is -0.0258. The molecule has 0 aromatic heterocycles. The van der Waals surface area contributed by atoms with Crippen molar-refractivity contribution in [3.8, 4) is 0 Å². The average molecular weight is 373 g/mol. The third-order valence-electron chi connectivity index (χ3n) is 4.35. The molecule has 0 aliphatic carbocycles. The molecule has 0 unspecified atom stereocenters. The second-order valence-corrected chi connectivity index (χ2v) is 15.5. The Bertz CT molecular complexity index is 461. The maximum Gasteiger partial charge on any atom is 0.452 e. The third-order valence-corrected chi connectivity index (χ3v) is 11.2. The van der Waals surface area contributed by atoms with Crippen LogP contribution in [-0.2, 0) is 9.16 Å². The lowest BCUT2D eigenvalue weighted by molar-refractivity contribution is 0.152. The fourth-order valence-electron chi connectivity index (χ4n) is 4.40. The first-order valence-corrected chi connectivity index (χ1v) is 10.8. The van der Waals surface area contributed by atoms with Gasteiger partial charge in [0.1, 0.15) is 0 Å². The fourth-order valence-corrected chi connectivity index (χ4v) is 12.4. The van der Waals surface area contributed by atoms with Crippen LogP contribution in [0.4, 0.5) is 9.59 Å². The van der Waals surface area contributed by atoms with Gasteiger partial charge in [-0.05, 0) is 21.5 Å². The van der Waals surface area contributed by atoms with Gasteiger partial charge >= 0.3 is 12.2 Å². The zero-order chi connectivity index (χ0) is 20.1. The molecule has 0 aliphatic rings. The first kappa shape index (κ1) is 23.8. The van der Waals surface area contributed by atoms with E-state index in [1.165, 1.54) is 0 Å². The topological polar surface area (TPSA) is 77.3 Å². The molecule has 0 heterocycles. The average Bonchev–Trinajstić information content (AvgIpc) is 2.38. The second kappa shape index (κ2) is 8.43. The van der Waals surface area contributed by atoms with E-state index in [4.69, 9.17) is 9.16 Å². The maximum absolute atomic E-state index is 12.4. The molecule has 7 heteroatoms. The zero-order valence-electron chi connectivity index (χ0n) is 17.6. The van der Waals surface area contributed by atoms with E-state index in [1.807, 2.05) is 6.92 Å². The third kappa shape index (κ3) is 5.90. The van der Waals surface area contributed by atoms with Crippen LogP contribution in [0, 0.1) is 0 Å². The first-order valence-electron chi connectivity index (χ1n) is 8.91. The highest BCUT2D eigenvalue weighted by atomic mass is 28.4. The summed E-state index contributed by atoms with van der Waals surface area (Å²) in [7, 11) is -2.72. The summed E-state index contributed by atoms with van der Waals surface area (Å²) in [6, 6.07) is 0. The number of nitrogens with zero attached hydrogens (tertiary/aromatic N) is 2. The van der Waals surface area contributed by atoms with Gasteiger partial charge < -0.3 is 9.16 Å². The van der Waals surface area contributed by atoms with E-state index in [0.29, 0.717) is 0 Å². The largest absolute Gasteiger partial charge is 0.499 e. The Hall–Kier alpha value is -1.24. The number of azo groups is 1. The van der Waals surface area contributed by atoms with Gasteiger partial charge in [-0.3, -0.25) is 0 Å². The van der Waals surface area contributed by atoms with E-state index < -0.39 is 20.5 Å². The first-order chi connectivity index (χ1) is 11.1. The van der Waals surface area contributed by atoms with Crippen molar-refractivity contribution in [2.75, 3.05) is 6.61 Å². The number of unbranched alkanes of at least 4 members (excludes halogenated alkanes) is 1. The summed E-state index contributed by atoms with van der Waals surface area (Å²) < 4.78 is 10.9. The van der Waals surface area contributed by atoms with Gasteiger partial charge in [-0.2, -0.15) is 0 Å². The Morgan fingerprint density at radius 1 is 0.800 bits per heavy atom. The number of carbonyl (C=O) groups is 2. The molecular formula is C18H36N2O4Si. The molecule has 6 nitrogen and oxygen atoms in total. The Morgan fingerprint density at radius 2 is 1.20 bits per heavy atom. The van der Waals surface area contributed by atoms with Gasteiger partial charge in [0.15, 0.2) is 0 Å². The summed E-state index contributed by atoms with van der Waals surface area (Å²) >= 11 is 0. The Balaban J connectivity index is 5.49. The van der Waals surface area contributed by atoms with Crippen LogP contribution in [0.5, 0.6) is 0 Å². The van der Waals surface area contributed by atoms with Crippen LogP contribution in [-0.4, -0.2) is 27.1 Å². The van der Waals surface area contributed by atoms with Crippen molar-refractivity contribution in [2.45, 2.75) is 97.2 Å². The number of hydrogen-bond acceptors (Lipinski definition) is 4. The predicted molar refractivity (Wildman–Crippen MR) is 102 cm³/mol. The van der Waals surface area contributed by atoms with Crippen LogP contribution < -0.4 is 0 Å². The van der Waals surface area contributed by atoms with Crippen molar-refractivity contribution in [1.82, 2.24) is 0 Å². The minimum absolute atomic E-state index is 0.226. The van der Waals surface area contributed by atoms with E-state index in [2.05, 4.69) is 72.5 Å². The molecule has 0 aromatic carbocycles. The quantitative estimate of drug-likeness (QED) is 0.307. The molecule has 0 saturated heterocycles. The SMILES string of the molecule is CCCCOC(=O)/N=N/C(=O)O[Si](C(C)(C)C)(C(C)(C)C)C(C)(C)C. The standard InChI is InChI=1S/C18H36N2O4Si/c1-11-12-13-23-14(21)19-20-15(22)24-25(16(2,3)4,17(5,6)7)18(8,9)10/h11-13H2,1-10H3/b20-19+. The van der Waals surface area contributed by atoms with E-state index in [-0.39, 0.29) is 21.7 Å². The highest BCUT2D eigenvalue weighted by molar-refractivity contribution is 6.83. The Kier molecular flexibility index (Phi) is 8.01. The Morgan fingerprint density at radius 3 is 1.56 bits per heavy atom. The lowest BCUT2D eigenvalue weighted by atomic mass is 10.2. The van der Waals surface area contributed by atoms with Crippen LogP contribution in [0.1, 0.15) is 82.1 Å². The minimum Gasteiger partial charge on any atom is -0.499 e. The summed E-state index contributed by atoms with van der Waals surface area (Å²) in [5.74, 6) is 0. The molecule has 2 amide bonds. The molecule has 0 aliphatic heterocycles. The van der Waals surface area contributed by atoms with Crippen molar-refractivity contribution >= 4 is 20.5 Å². The van der Waals surface area contributed by atoms with Crippen LogP contribution in [0.15, 0.2) is 10.2 Å². The number of carbonyl (C=O) groups excluding carboxylic acids is 2. The molecule has 0 saturated carbocycles. The molecule has 25 heavy (non-hydrogen) atoms. The molecule has 0 aromatic rings. The van der Waals surface area contributed by atoms with Crippen LogP contribution in [0.3, 0.4) is 0 Å². The number of ether oxygens (including phenoxy) is 1. The van der Waals surface area contributed by atoms with Gasteiger partial charge in [0.2, 0.25) is 0 Å². The van der Waals surface area contributed by atoms with Gasteiger partial charge in [0.05, 0.1) is 6.61 Å². The molecule has 0 radical (unpaired) electrons. The second-order valence-electron chi connectivity index (χ2n) is 9.47. The van der Waals surface area contributed by atoms with Crippen molar-refractivity contribution in [3.63, 3.8) is 0 Å². The van der Waals surface area contributed by atoms with Gasteiger partial charge in [-0.1, -0.05) is 85.9 Å². The van der Waals surface area contributed by atoms with Crippen molar-refractivity contribution in [3.05, 3.63) is 0 Å². The molecular weight excluding hydrogens is 336 g/mol. The molecule has 0 spiro atoms. The van der Waals surface area contributed by atoms with Gasteiger partial charge in [0, 0.05) is 0 Å². The van der Waals surface area contributed by atoms with Crippen LogP contribution in [0.2, 0.25) is 15.1 Å². The maximum atomic E-state index is 12.4. The van der Waals surface area contributed by atoms with Gasteiger partial charge in [0.25, 0.3) is 8.32 Å². The monoisotopic (exact) mass is 372 g/mol. The summed E-state index contributed by atoms with van der Waals surface area (Å²) in [4.78, 5) is 23.9. The van der Waals surface area contributed by atoms with Crippen LogP contribution >= 0.6 is 0 Å². The van der Waals surface area contributed by atoms with Crippen molar-refractivity contribution < 1.29 is 18.8 Å². The molecule has 0 atom stereocenters. The van der Waals surface area contributed by atoms with E-state index >= 15 is 0 Å². The van der Waals surface area contributed by atoms with Gasteiger partial charge in [-0.15, -0.1) is 0 Å². The molecule has 0 rings (SSSR count). The molecule has 0 bridgehead atoms. The number of hydrogen-bond donors (Lipinski definition) is 0. The van der Waals surface area contributed by atoms with Crippen molar-refractivity contribution in [1.29, 1.82) is 0 Å². The predicted octanol–water partition coefficient (Wildman–Crippen LogP) is 6.86. The smallest absolute Gasteiger partial charge is 0.452 e. The summed E-state index contributed by atoms with van der Waals surface area (Å²) in [5.41, 5.74) is 0. The highest BCUT2D eigenvalue weighted by Gasteiger charge is 2.64.